The maximum atomic E-state index is 13.7. The highest BCUT2D eigenvalue weighted by Crippen LogP contribution is 2.33. The molecule has 10 heteroatoms. The van der Waals surface area contributed by atoms with Crippen molar-refractivity contribution in [2.75, 3.05) is 6.61 Å². The number of fused-ring (bicyclic) bond motifs is 1. The Morgan fingerprint density at radius 1 is 1.17 bits per heavy atom. The second kappa shape index (κ2) is 7.15. The van der Waals surface area contributed by atoms with E-state index >= 15 is 0 Å². The molecular formula is C19H14FN5O4. The summed E-state index contributed by atoms with van der Waals surface area (Å²) in [7, 11) is 0. The zero-order valence-electron chi connectivity index (χ0n) is 15.1. The van der Waals surface area contributed by atoms with Crippen molar-refractivity contribution in [1.82, 2.24) is 25.4 Å². The van der Waals surface area contributed by atoms with Crippen molar-refractivity contribution >= 4 is 17.1 Å². The molecule has 0 saturated carbocycles. The summed E-state index contributed by atoms with van der Waals surface area (Å²) in [5, 5.41) is 19.1. The highest BCUT2D eigenvalue weighted by Gasteiger charge is 2.16. The Morgan fingerprint density at radius 2 is 1.93 bits per heavy atom. The lowest BCUT2D eigenvalue weighted by atomic mass is 10.0. The number of ether oxygens (including phenoxy) is 1. The van der Waals surface area contributed by atoms with Crippen LogP contribution >= 0.6 is 0 Å². The number of carboxylic acids is 1. The maximum absolute atomic E-state index is 13.7. The van der Waals surface area contributed by atoms with Crippen LogP contribution in [0.4, 0.5) is 4.39 Å². The van der Waals surface area contributed by atoms with Crippen molar-refractivity contribution in [3.05, 3.63) is 58.1 Å². The van der Waals surface area contributed by atoms with E-state index in [2.05, 4.69) is 25.4 Å². The standard InChI is InChI=1S/C19H14FN5O4/c1-2-29-14-8-10(9-4-6-13(20)12(7-9)19(27)28)3-5-11(14)16-21-17-15(18(26)22-16)23-25-24-17/h3-8H,2H2,1H3,(H,27,28)(H2,21,22,23,24,25,26). The number of halogens is 1. The topological polar surface area (TPSA) is 134 Å². The van der Waals surface area contributed by atoms with Gasteiger partial charge < -0.3 is 14.8 Å². The summed E-state index contributed by atoms with van der Waals surface area (Å²) in [5.74, 6) is -1.51. The minimum absolute atomic E-state index is 0.0934. The van der Waals surface area contributed by atoms with Crippen LogP contribution in [0.5, 0.6) is 5.75 Å². The highest BCUT2D eigenvalue weighted by atomic mass is 19.1. The third kappa shape index (κ3) is 3.31. The Labute approximate surface area is 162 Å². The van der Waals surface area contributed by atoms with Crippen molar-refractivity contribution < 1.29 is 19.0 Å². The molecule has 0 aliphatic carbocycles. The average Bonchev–Trinajstić information content (AvgIpc) is 3.17. The van der Waals surface area contributed by atoms with E-state index in [1.54, 1.807) is 25.1 Å². The first-order chi connectivity index (χ1) is 14.0. The van der Waals surface area contributed by atoms with Crippen LogP contribution in [0.25, 0.3) is 33.7 Å². The first-order valence-electron chi connectivity index (χ1n) is 8.59. The quantitative estimate of drug-likeness (QED) is 0.473. The molecule has 4 rings (SSSR count). The van der Waals surface area contributed by atoms with E-state index < -0.39 is 22.9 Å². The monoisotopic (exact) mass is 395 g/mol. The number of nitrogens with one attached hydrogen (secondary N) is 2. The van der Waals surface area contributed by atoms with Crippen LogP contribution in [0.2, 0.25) is 0 Å². The molecule has 0 saturated heterocycles. The summed E-state index contributed by atoms with van der Waals surface area (Å²) in [6, 6.07) is 8.88. The lowest BCUT2D eigenvalue weighted by molar-refractivity contribution is 0.0692. The number of carboxylic acid groups (broad SMARTS) is 1. The largest absolute Gasteiger partial charge is 0.493 e. The number of aromatic nitrogens is 5. The van der Waals surface area contributed by atoms with Crippen LogP contribution in [0.15, 0.2) is 41.2 Å². The van der Waals surface area contributed by atoms with Gasteiger partial charge in [-0.05, 0) is 42.3 Å². The van der Waals surface area contributed by atoms with Crippen LogP contribution in [0, 0.1) is 5.82 Å². The number of benzene rings is 2. The van der Waals surface area contributed by atoms with Gasteiger partial charge in [0.2, 0.25) is 5.65 Å². The molecule has 0 bridgehead atoms. The molecule has 2 heterocycles. The number of H-pyrrole nitrogens is 2. The van der Waals surface area contributed by atoms with E-state index in [-0.39, 0.29) is 17.0 Å². The molecule has 0 fully saturated rings. The fourth-order valence-corrected chi connectivity index (χ4v) is 2.92. The summed E-state index contributed by atoms with van der Waals surface area (Å²) in [6.07, 6.45) is 0. The molecule has 29 heavy (non-hydrogen) atoms. The van der Waals surface area contributed by atoms with Crippen molar-refractivity contribution in [2.45, 2.75) is 6.92 Å². The highest BCUT2D eigenvalue weighted by molar-refractivity contribution is 5.90. The Balaban J connectivity index is 1.84. The van der Waals surface area contributed by atoms with Gasteiger partial charge in [-0.25, -0.2) is 14.2 Å². The van der Waals surface area contributed by atoms with Gasteiger partial charge in [0.1, 0.15) is 17.4 Å². The second-order valence-corrected chi connectivity index (χ2v) is 6.05. The minimum Gasteiger partial charge on any atom is -0.493 e. The predicted octanol–water partition coefficient (Wildman–Crippen LogP) is 2.61. The van der Waals surface area contributed by atoms with Gasteiger partial charge in [0.15, 0.2) is 5.52 Å². The lowest BCUT2D eigenvalue weighted by Gasteiger charge is -2.12. The summed E-state index contributed by atoms with van der Waals surface area (Å²) >= 11 is 0. The first-order valence-corrected chi connectivity index (χ1v) is 8.59. The van der Waals surface area contributed by atoms with Crippen LogP contribution in [-0.2, 0) is 0 Å². The number of aromatic amines is 2. The molecule has 0 unspecified atom stereocenters. The summed E-state index contributed by atoms with van der Waals surface area (Å²) in [6.45, 7) is 2.14. The smallest absolute Gasteiger partial charge is 0.338 e. The number of rotatable bonds is 5. The third-order valence-electron chi connectivity index (χ3n) is 4.26. The summed E-state index contributed by atoms with van der Waals surface area (Å²) in [5.41, 5.74) is 1.02. The Bertz CT molecular complexity index is 1300. The summed E-state index contributed by atoms with van der Waals surface area (Å²) in [4.78, 5) is 30.3. The van der Waals surface area contributed by atoms with Gasteiger partial charge in [-0.3, -0.25) is 4.79 Å². The number of hydrogen-bond acceptors (Lipinski definition) is 6. The van der Waals surface area contributed by atoms with E-state index in [1.807, 2.05) is 0 Å². The average molecular weight is 395 g/mol. The molecular weight excluding hydrogens is 381 g/mol. The molecule has 3 N–H and O–H groups in total. The van der Waals surface area contributed by atoms with Gasteiger partial charge in [-0.2, -0.15) is 5.21 Å². The zero-order chi connectivity index (χ0) is 20.5. The Kier molecular flexibility index (Phi) is 4.51. The third-order valence-corrected chi connectivity index (χ3v) is 4.26. The molecule has 2 aromatic heterocycles. The van der Waals surface area contributed by atoms with Gasteiger partial charge in [0, 0.05) is 0 Å². The first kappa shape index (κ1) is 18.3. The zero-order valence-corrected chi connectivity index (χ0v) is 15.1. The van der Waals surface area contributed by atoms with E-state index in [4.69, 9.17) is 9.84 Å². The maximum Gasteiger partial charge on any atom is 0.338 e. The second-order valence-electron chi connectivity index (χ2n) is 6.05. The van der Waals surface area contributed by atoms with E-state index in [1.165, 1.54) is 12.1 Å². The van der Waals surface area contributed by atoms with Crippen LogP contribution in [-0.4, -0.2) is 43.1 Å². The molecule has 2 aromatic carbocycles. The predicted molar refractivity (Wildman–Crippen MR) is 101 cm³/mol. The molecule has 9 nitrogen and oxygen atoms in total. The molecule has 0 atom stereocenters. The number of aromatic carboxylic acids is 1. The van der Waals surface area contributed by atoms with Crippen LogP contribution in [0.1, 0.15) is 17.3 Å². The van der Waals surface area contributed by atoms with Gasteiger partial charge >= 0.3 is 5.97 Å². The molecule has 0 radical (unpaired) electrons. The van der Waals surface area contributed by atoms with Gasteiger partial charge in [-0.1, -0.05) is 12.1 Å². The van der Waals surface area contributed by atoms with Crippen molar-refractivity contribution in [2.24, 2.45) is 0 Å². The van der Waals surface area contributed by atoms with Crippen LogP contribution in [0.3, 0.4) is 0 Å². The van der Waals surface area contributed by atoms with Crippen molar-refractivity contribution in [3.8, 4) is 28.3 Å². The number of hydrogen-bond donors (Lipinski definition) is 3. The Hall–Kier alpha value is -4.08. The van der Waals surface area contributed by atoms with Gasteiger partial charge in [-0.15, -0.1) is 10.2 Å². The fourth-order valence-electron chi connectivity index (χ4n) is 2.92. The molecule has 146 valence electrons. The number of carbonyl (C=O) groups is 1. The van der Waals surface area contributed by atoms with E-state index in [9.17, 15) is 14.0 Å². The van der Waals surface area contributed by atoms with E-state index in [0.29, 0.717) is 29.0 Å². The number of nitrogens with zero attached hydrogens (tertiary/aromatic N) is 3. The SMILES string of the molecule is CCOc1cc(-c2ccc(F)c(C(=O)O)c2)ccc1-c1nc2n[nH]nc2c(=O)[nH]1. The molecule has 4 aromatic rings. The molecule has 0 aliphatic heterocycles. The molecule has 0 spiro atoms. The van der Waals surface area contributed by atoms with E-state index in [0.717, 1.165) is 6.07 Å². The summed E-state index contributed by atoms with van der Waals surface area (Å²) < 4.78 is 19.4. The van der Waals surface area contributed by atoms with Crippen molar-refractivity contribution in [1.29, 1.82) is 0 Å². The Morgan fingerprint density at radius 3 is 2.69 bits per heavy atom. The fraction of sp³-hybridized carbons (Fsp3) is 0.105. The van der Waals surface area contributed by atoms with Crippen molar-refractivity contribution in [3.63, 3.8) is 0 Å². The lowest BCUT2D eigenvalue weighted by Crippen LogP contribution is -2.10. The van der Waals surface area contributed by atoms with Gasteiger partial charge in [0.05, 0.1) is 17.7 Å². The minimum atomic E-state index is -1.35. The molecule has 0 aliphatic rings. The van der Waals surface area contributed by atoms with Gasteiger partial charge in [0.25, 0.3) is 5.56 Å². The normalized spacial score (nSPS) is 11.0. The van der Waals surface area contributed by atoms with Crippen LogP contribution < -0.4 is 10.3 Å². The molecule has 0 amide bonds.